The lowest BCUT2D eigenvalue weighted by Crippen LogP contribution is -2.22. The fraction of sp³-hybridized carbons (Fsp3) is 0.714. The fourth-order valence-corrected chi connectivity index (χ4v) is 3.19. The summed E-state index contributed by atoms with van der Waals surface area (Å²) in [5.74, 6) is 1.73. The summed E-state index contributed by atoms with van der Waals surface area (Å²) in [5.41, 5.74) is 2.73. The van der Waals surface area contributed by atoms with Crippen LogP contribution in [0.3, 0.4) is 0 Å². The lowest BCUT2D eigenvalue weighted by molar-refractivity contribution is 0.256. The van der Waals surface area contributed by atoms with Crippen LogP contribution in [0.25, 0.3) is 0 Å². The molecule has 0 N–H and O–H groups in total. The van der Waals surface area contributed by atoms with Crippen molar-refractivity contribution in [2.45, 2.75) is 51.4 Å². The second-order valence-electron chi connectivity index (χ2n) is 5.03. The van der Waals surface area contributed by atoms with Gasteiger partial charge < -0.3 is 0 Å². The summed E-state index contributed by atoms with van der Waals surface area (Å²) in [6.07, 6.45) is 11.1. The van der Waals surface area contributed by atoms with Gasteiger partial charge in [-0.05, 0) is 49.5 Å². The van der Waals surface area contributed by atoms with Crippen LogP contribution in [0.2, 0.25) is 0 Å². The highest BCUT2D eigenvalue weighted by Gasteiger charge is 2.28. The van der Waals surface area contributed by atoms with Crippen molar-refractivity contribution in [3.8, 4) is 0 Å². The molecule has 2 fully saturated rings. The minimum Gasteiger partial charge on any atom is -0.0956 e. The van der Waals surface area contributed by atoms with Crippen LogP contribution in [0.1, 0.15) is 51.4 Å². The molecule has 0 aromatic carbocycles. The van der Waals surface area contributed by atoms with Crippen LogP contribution in [-0.4, -0.2) is 0 Å². The molecule has 1 atom stereocenters. The Morgan fingerprint density at radius 2 is 1.57 bits per heavy atom. The zero-order valence-electron chi connectivity index (χ0n) is 9.23. The minimum absolute atomic E-state index is 0.788. The van der Waals surface area contributed by atoms with Crippen LogP contribution in [0.4, 0.5) is 0 Å². The van der Waals surface area contributed by atoms with Crippen molar-refractivity contribution in [1.29, 1.82) is 0 Å². The molecule has 0 heterocycles. The van der Waals surface area contributed by atoms with Crippen LogP contribution in [0.15, 0.2) is 24.3 Å². The molecule has 0 saturated heterocycles. The normalized spacial score (nSPS) is 30.7. The number of allylic oxidation sites excluding steroid dienone is 2. The predicted octanol–water partition coefficient (Wildman–Crippen LogP) is 4.48. The van der Waals surface area contributed by atoms with Crippen LogP contribution in [0.5, 0.6) is 0 Å². The van der Waals surface area contributed by atoms with E-state index in [4.69, 9.17) is 0 Å². The molecule has 14 heavy (non-hydrogen) atoms. The van der Waals surface area contributed by atoms with Gasteiger partial charge in [0.2, 0.25) is 0 Å². The molecule has 0 aromatic heterocycles. The third kappa shape index (κ3) is 1.94. The summed E-state index contributed by atoms with van der Waals surface area (Å²) in [5, 5.41) is 0. The van der Waals surface area contributed by atoms with E-state index in [1.165, 1.54) is 62.5 Å². The largest absolute Gasteiger partial charge is 0.0956 e. The lowest BCUT2D eigenvalue weighted by atomic mass is 9.70. The standard InChI is InChI=1S/C14H22/c1-11-7-6-10-14(12(11)2)13-8-4-3-5-9-13/h13-14H,1-10H2. The second-order valence-corrected chi connectivity index (χ2v) is 5.03. The van der Waals surface area contributed by atoms with Crippen molar-refractivity contribution in [2.75, 3.05) is 0 Å². The van der Waals surface area contributed by atoms with Gasteiger partial charge in [-0.1, -0.05) is 38.0 Å². The van der Waals surface area contributed by atoms with Crippen molar-refractivity contribution in [3.63, 3.8) is 0 Å². The van der Waals surface area contributed by atoms with Gasteiger partial charge in [0.15, 0.2) is 0 Å². The Hall–Kier alpha value is -0.520. The summed E-state index contributed by atoms with van der Waals surface area (Å²) in [4.78, 5) is 0. The topological polar surface area (TPSA) is 0 Å². The van der Waals surface area contributed by atoms with E-state index in [0.717, 1.165) is 11.8 Å². The Morgan fingerprint density at radius 3 is 2.29 bits per heavy atom. The number of rotatable bonds is 1. The first-order valence-corrected chi connectivity index (χ1v) is 6.16. The molecule has 0 nitrogen and oxygen atoms in total. The van der Waals surface area contributed by atoms with Gasteiger partial charge in [-0.25, -0.2) is 0 Å². The van der Waals surface area contributed by atoms with E-state index in [2.05, 4.69) is 13.2 Å². The fourth-order valence-electron chi connectivity index (χ4n) is 3.19. The second kappa shape index (κ2) is 4.33. The molecule has 78 valence electrons. The van der Waals surface area contributed by atoms with Crippen molar-refractivity contribution in [2.24, 2.45) is 11.8 Å². The highest BCUT2D eigenvalue weighted by molar-refractivity contribution is 5.30. The third-order valence-electron chi connectivity index (χ3n) is 4.11. The molecule has 2 aliphatic carbocycles. The van der Waals surface area contributed by atoms with E-state index in [1.807, 2.05) is 0 Å². The SMILES string of the molecule is C=C1CCCC(C2CCCCC2)C1=C. The first-order valence-electron chi connectivity index (χ1n) is 6.16. The maximum atomic E-state index is 4.25. The summed E-state index contributed by atoms with van der Waals surface area (Å²) in [7, 11) is 0. The predicted molar refractivity (Wildman–Crippen MR) is 62.2 cm³/mol. The van der Waals surface area contributed by atoms with Crippen molar-refractivity contribution >= 4 is 0 Å². The molecule has 0 aromatic rings. The lowest BCUT2D eigenvalue weighted by Gasteiger charge is -2.35. The molecule has 0 radical (unpaired) electrons. The van der Waals surface area contributed by atoms with Crippen molar-refractivity contribution in [3.05, 3.63) is 24.3 Å². The molecule has 0 spiro atoms. The molecule has 0 amide bonds. The molecule has 0 heteroatoms. The average Bonchev–Trinajstić information content (AvgIpc) is 2.23. The van der Waals surface area contributed by atoms with Crippen molar-refractivity contribution < 1.29 is 0 Å². The quantitative estimate of drug-likeness (QED) is 0.572. The zero-order chi connectivity index (χ0) is 9.97. The number of hydrogen-bond donors (Lipinski definition) is 0. The highest BCUT2D eigenvalue weighted by Crippen LogP contribution is 2.41. The molecule has 2 aliphatic rings. The van der Waals surface area contributed by atoms with E-state index in [0.29, 0.717) is 0 Å². The number of hydrogen-bond acceptors (Lipinski definition) is 0. The Labute approximate surface area is 88.1 Å². The van der Waals surface area contributed by atoms with Gasteiger partial charge in [0.05, 0.1) is 0 Å². The molecule has 1 unspecified atom stereocenters. The van der Waals surface area contributed by atoms with Gasteiger partial charge in [0, 0.05) is 0 Å². The minimum atomic E-state index is 0.788. The Kier molecular flexibility index (Phi) is 3.10. The van der Waals surface area contributed by atoms with Gasteiger partial charge in [0.25, 0.3) is 0 Å². The van der Waals surface area contributed by atoms with Crippen LogP contribution in [0, 0.1) is 11.8 Å². The van der Waals surface area contributed by atoms with E-state index in [9.17, 15) is 0 Å². The molecular formula is C14H22. The average molecular weight is 190 g/mol. The summed E-state index contributed by atoms with van der Waals surface area (Å²) >= 11 is 0. The summed E-state index contributed by atoms with van der Waals surface area (Å²) in [6.45, 7) is 8.39. The van der Waals surface area contributed by atoms with E-state index >= 15 is 0 Å². The summed E-state index contributed by atoms with van der Waals surface area (Å²) in [6, 6.07) is 0. The van der Waals surface area contributed by atoms with E-state index < -0.39 is 0 Å². The van der Waals surface area contributed by atoms with Crippen LogP contribution in [-0.2, 0) is 0 Å². The Morgan fingerprint density at radius 1 is 0.857 bits per heavy atom. The highest BCUT2D eigenvalue weighted by atomic mass is 14.3. The third-order valence-corrected chi connectivity index (χ3v) is 4.11. The van der Waals surface area contributed by atoms with E-state index in [1.54, 1.807) is 0 Å². The Bertz CT molecular complexity index is 230. The molecular weight excluding hydrogens is 168 g/mol. The van der Waals surface area contributed by atoms with Crippen molar-refractivity contribution in [1.82, 2.24) is 0 Å². The van der Waals surface area contributed by atoms with Gasteiger partial charge in [0.1, 0.15) is 0 Å². The zero-order valence-corrected chi connectivity index (χ0v) is 9.23. The monoisotopic (exact) mass is 190 g/mol. The first-order chi connectivity index (χ1) is 6.79. The molecule has 2 saturated carbocycles. The maximum Gasteiger partial charge on any atom is -0.0137 e. The van der Waals surface area contributed by atoms with Crippen LogP contribution < -0.4 is 0 Å². The van der Waals surface area contributed by atoms with Gasteiger partial charge in [-0.2, -0.15) is 0 Å². The summed E-state index contributed by atoms with van der Waals surface area (Å²) < 4.78 is 0. The van der Waals surface area contributed by atoms with Gasteiger partial charge in [-0.15, -0.1) is 0 Å². The van der Waals surface area contributed by atoms with Gasteiger partial charge >= 0.3 is 0 Å². The first kappa shape index (κ1) is 10.0. The smallest absolute Gasteiger partial charge is 0.0137 e. The van der Waals surface area contributed by atoms with E-state index in [-0.39, 0.29) is 0 Å². The molecule has 0 aliphatic heterocycles. The molecule has 2 rings (SSSR count). The van der Waals surface area contributed by atoms with Crippen LogP contribution >= 0.6 is 0 Å². The molecule has 0 bridgehead atoms. The van der Waals surface area contributed by atoms with Gasteiger partial charge in [-0.3, -0.25) is 0 Å². The maximum absolute atomic E-state index is 4.25. The Balaban J connectivity index is 2.00.